The van der Waals surface area contributed by atoms with Crippen LogP contribution < -0.4 is 19.3 Å². The molecule has 6 rings (SSSR count). The number of hydrogen-bond acceptors (Lipinski definition) is 4. The third-order valence-corrected chi connectivity index (χ3v) is 8.62. The van der Waals surface area contributed by atoms with Crippen molar-refractivity contribution < 1.29 is 9.47 Å². The molecular formula is C38H42N2O2. The SMILES string of the molecule is Cc1cc2c(cc1C)N(c1ccc(C(C)(C)C)cc1)/C(=C1\Oc3cc(C)c(C)cc3N1c1ccc(C(C)(C)C)cc1)O2. The first-order valence-corrected chi connectivity index (χ1v) is 14.9. The quantitative estimate of drug-likeness (QED) is 0.244. The second-order valence-electron chi connectivity index (χ2n) is 13.9. The van der Waals surface area contributed by atoms with Gasteiger partial charge in [-0.3, -0.25) is 9.80 Å². The monoisotopic (exact) mass is 558 g/mol. The molecule has 42 heavy (non-hydrogen) atoms. The maximum Gasteiger partial charge on any atom is 0.268 e. The van der Waals surface area contributed by atoms with E-state index in [0.29, 0.717) is 11.8 Å². The Bertz CT molecular complexity index is 1590. The molecular weight excluding hydrogens is 516 g/mol. The van der Waals surface area contributed by atoms with E-state index in [1.165, 1.54) is 33.4 Å². The standard InChI is InChI=1S/C38H42N2O2/c1-23-19-31-33(21-25(23)3)41-35(39(31)29-15-11-27(12-16-29)37(5,6)7)36-40(30-17-13-28(14-18-30)38(8,9)10)32-20-24(2)26(4)22-34(32)42-36/h11-22H,1-10H3/b36-35+. The van der Waals surface area contributed by atoms with Crippen molar-refractivity contribution in [2.75, 3.05) is 9.80 Å². The van der Waals surface area contributed by atoms with Gasteiger partial charge in [0.2, 0.25) is 0 Å². The van der Waals surface area contributed by atoms with E-state index < -0.39 is 0 Å². The van der Waals surface area contributed by atoms with Crippen molar-refractivity contribution in [3.63, 3.8) is 0 Å². The second-order valence-corrected chi connectivity index (χ2v) is 13.9. The van der Waals surface area contributed by atoms with E-state index in [2.05, 4.69) is 152 Å². The number of nitrogens with zero attached hydrogens (tertiary/aromatic N) is 2. The van der Waals surface area contributed by atoms with Gasteiger partial charge in [0.05, 0.1) is 11.4 Å². The van der Waals surface area contributed by atoms with Crippen molar-refractivity contribution in [2.24, 2.45) is 0 Å². The van der Waals surface area contributed by atoms with E-state index in [0.717, 1.165) is 34.2 Å². The molecule has 2 aliphatic heterocycles. The summed E-state index contributed by atoms with van der Waals surface area (Å²) in [5.41, 5.74) is 11.6. The lowest BCUT2D eigenvalue weighted by Crippen LogP contribution is -2.25. The summed E-state index contributed by atoms with van der Waals surface area (Å²) in [5.74, 6) is 2.97. The Balaban J connectivity index is 1.57. The molecule has 0 atom stereocenters. The van der Waals surface area contributed by atoms with Crippen LogP contribution in [0.3, 0.4) is 0 Å². The first-order valence-electron chi connectivity index (χ1n) is 14.9. The second kappa shape index (κ2) is 9.69. The van der Waals surface area contributed by atoms with Crippen molar-refractivity contribution >= 4 is 22.7 Å². The Morgan fingerprint density at radius 2 is 0.762 bits per heavy atom. The highest BCUT2D eigenvalue weighted by Crippen LogP contribution is 2.52. The van der Waals surface area contributed by atoms with Gasteiger partial charge in [-0.05, 0) is 120 Å². The molecule has 0 amide bonds. The van der Waals surface area contributed by atoms with Crippen molar-refractivity contribution in [1.29, 1.82) is 0 Å². The molecule has 0 spiro atoms. The van der Waals surface area contributed by atoms with Crippen molar-refractivity contribution in [2.45, 2.75) is 80.1 Å². The molecule has 4 aromatic carbocycles. The normalized spacial score (nSPS) is 16.3. The summed E-state index contributed by atoms with van der Waals surface area (Å²) >= 11 is 0. The summed E-state index contributed by atoms with van der Waals surface area (Å²) < 4.78 is 13.5. The zero-order chi connectivity index (χ0) is 30.1. The van der Waals surface area contributed by atoms with Gasteiger partial charge in [-0.2, -0.15) is 0 Å². The summed E-state index contributed by atoms with van der Waals surface area (Å²) in [6.07, 6.45) is 0. The number of rotatable bonds is 2. The predicted molar refractivity (Wildman–Crippen MR) is 175 cm³/mol. The molecule has 0 saturated carbocycles. The fraction of sp³-hybridized carbons (Fsp3) is 0.316. The summed E-state index contributed by atoms with van der Waals surface area (Å²) in [5, 5.41) is 0. The van der Waals surface area contributed by atoms with Crippen LogP contribution in [0.15, 0.2) is 84.6 Å². The molecule has 2 heterocycles. The van der Waals surface area contributed by atoms with E-state index in [1.54, 1.807) is 0 Å². The molecule has 4 heteroatoms. The van der Waals surface area contributed by atoms with Gasteiger partial charge in [-0.15, -0.1) is 0 Å². The summed E-state index contributed by atoms with van der Waals surface area (Å²) in [6.45, 7) is 22.0. The molecule has 0 N–H and O–H groups in total. The van der Waals surface area contributed by atoms with Gasteiger partial charge in [-0.1, -0.05) is 65.8 Å². The van der Waals surface area contributed by atoms with Gasteiger partial charge in [0.15, 0.2) is 11.5 Å². The number of aryl methyl sites for hydroxylation is 4. The Kier molecular flexibility index (Phi) is 6.45. The lowest BCUT2D eigenvalue weighted by atomic mass is 9.87. The number of benzene rings is 4. The molecule has 2 aliphatic rings. The molecule has 0 radical (unpaired) electrons. The topological polar surface area (TPSA) is 24.9 Å². The third kappa shape index (κ3) is 4.73. The van der Waals surface area contributed by atoms with Crippen LogP contribution in [-0.4, -0.2) is 0 Å². The minimum Gasteiger partial charge on any atom is -0.433 e. The van der Waals surface area contributed by atoms with E-state index in [9.17, 15) is 0 Å². The van der Waals surface area contributed by atoms with Gasteiger partial charge < -0.3 is 9.47 Å². The first-order chi connectivity index (χ1) is 19.7. The van der Waals surface area contributed by atoms with Crippen LogP contribution in [0.25, 0.3) is 0 Å². The minimum atomic E-state index is 0.0644. The van der Waals surface area contributed by atoms with Gasteiger partial charge in [0.25, 0.3) is 11.8 Å². The van der Waals surface area contributed by atoms with E-state index in [4.69, 9.17) is 9.47 Å². The van der Waals surface area contributed by atoms with Crippen LogP contribution in [-0.2, 0) is 10.8 Å². The van der Waals surface area contributed by atoms with Crippen molar-refractivity contribution in [3.8, 4) is 11.5 Å². The highest BCUT2D eigenvalue weighted by Gasteiger charge is 2.40. The molecule has 0 aromatic heterocycles. The first kappa shape index (κ1) is 28.0. The van der Waals surface area contributed by atoms with Gasteiger partial charge in [0.1, 0.15) is 0 Å². The average Bonchev–Trinajstić information content (AvgIpc) is 3.46. The zero-order valence-corrected chi connectivity index (χ0v) is 26.6. The summed E-state index contributed by atoms with van der Waals surface area (Å²) in [4.78, 5) is 4.40. The lowest BCUT2D eigenvalue weighted by Gasteiger charge is -2.26. The van der Waals surface area contributed by atoms with E-state index >= 15 is 0 Å². The maximum atomic E-state index is 6.75. The molecule has 4 aromatic rings. The van der Waals surface area contributed by atoms with Crippen LogP contribution in [0.1, 0.15) is 74.9 Å². The van der Waals surface area contributed by atoms with Crippen LogP contribution in [0, 0.1) is 27.7 Å². The Morgan fingerprint density at radius 3 is 1.07 bits per heavy atom. The number of fused-ring (bicyclic) bond motifs is 2. The van der Waals surface area contributed by atoms with Crippen LogP contribution in [0.5, 0.6) is 11.5 Å². The van der Waals surface area contributed by atoms with Crippen LogP contribution in [0.4, 0.5) is 22.7 Å². The fourth-order valence-electron chi connectivity index (χ4n) is 5.59. The smallest absolute Gasteiger partial charge is 0.268 e. The van der Waals surface area contributed by atoms with Crippen LogP contribution in [0.2, 0.25) is 0 Å². The highest BCUT2D eigenvalue weighted by molar-refractivity contribution is 5.83. The fourth-order valence-corrected chi connectivity index (χ4v) is 5.59. The van der Waals surface area contributed by atoms with Crippen molar-refractivity contribution in [3.05, 3.63) is 118 Å². The number of anilines is 4. The number of ether oxygens (including phenoxy) is 2. The molecule has 216 valence electrons. The molecule has 0 fully saturated rings. The highest BCUT2D eigenvalue weighted by atomic mass is 16.6. The zero-order valence-electron chi connectivity index (χ0n) is 26.6. The number of hydrogen-bond donors (Lipinski definition) is 0. The molecule has 0 bridgehead atoms. The molecule has 0 aliphatic carbocycles. The summed E-state index contributed by atoms with van der Waals surface area (Å²) in [7, 11) is 0. The lowest BCUT2D eigenvalue weighted by molar-refractivity contribution is 0.367. The van der Waals surface area contributed by atoms with Crippen LogP contribution >= 0.6 is 0 Å². The average molecular weight is 559 g/mol. The largest absolute Gasteiger partial charge is 0.433 e. The van der Waals surface area contributed by atoms with Gasteiger partial charge in [-0.25, -0.2) is 0 Å². The Hall–Kier alpha value is -4.18. The minimum absolute atomic E-state index is 0.0644. The van der Waals surface area contributed by atoms with Gasteiger partial charge >= 0.3 is 0 Å². The maximum absolute atomic E-state index is 6.75. The molecule has 0 unspecified atom stereocenters. The summed E-state index contributed by atoms with van der Waals surface area (Å²) in [6, 6.07) is 26.3. The predicted octanol–water partition coefficient (Wildman–Crippen LogP) is 10.4. The Labute approximate surface area is 251 Å². The third-order valence-electron chi connectivity index (χ3n) is 8.62. The van der Waals surface area contributed by atoms with E-state index in [1.807, 2.05) is 0 Å². The van der Waals surface area contributed by atoms with Crippen molar-refractivity contribution in [1.82, 2.24) is 0 Å². The molecule has 4 nitrogen and oxygen atoms in total. The van der Waals surface area contributed by atoms with E-state index in [-0.39, 0.29) is 10.8 Å². The Morgan fingerprint density at radius 1 is 0.452 bits per heavy atom. The molecule has 0 saturated heterocycles. The van der Waals surface area contributed by atoms with Gasteiger partial charge in [0, 0.05) is 11.4 Å².